The highest BCUT2D eigenvalue weighted by Gasteiger charge is 2.23. The predicted molar refractivity (Wildman–Crippen MR) is 111 cm³/mol. The fourth-order valence-corrected chi connectivity index (χ4v) is 4.39. The molecule has 0 bridgehead atoms. The molecular formula is C23H21NOS. The Labute approximate surface area is 157 Å². The van der Waals surface area contributed by atoms with Gasteiger partial charge in [0.25, 0.3) is 0 Å². The predicted octanol–water partition coefficient (Wildman–Crippen LogP) is 6.31. The molecule has 0 aliphatic rings. The number of fused-ring (bicyclic) bond motifs is 3. The normalized spacial score (nSPS) is 12.5. The summed E-state index contributed by atoms with van der Waals surface area (Å²) in [5, 5.41) is 2.15. The summed E-state index contributed by atoms with van der Waals surface area (Å²) in [6.07, 6.45) is 0.790. The zero-order valence-electron chi connectivity index (χ0n) is 15.0. The van der Waals surface area contributed by atoms with Crippen LogP contribution in [0.1, 0.15) is 23.7 Å². The number of aromatic nitrogens is 1. The number of aryl methyl sites for hydroxylation is 1. The number of para-hydroxylation sites is 2. The van der Waals surface area contributed by atoms with Gasteiger partial charge in [-0.2, -0.15) is 0 Å². The molecule has 3 aromatic carbocycles. The summed E-state index contributed by atoms with van der Waals surface area (Å²) in [5.74, 6) is 0.149. The largest absolute Gasteiger partial charge is 0.279 e. The maximum atomic E-state index is 13.5. The molecule has 2 nitrogen and oxygen atoms in total. The second kappa shape index (κ2) is 7.00. The summed E-state index contributed by atoms with van der Waals surface area (Å²) in [6, 6.07) is 24.7. The van der Waals surface area contributed by atoms with E-state index in [1.54, 1.807) is 11.8 Å². The molecule has 0 fully saturated rings. The summed E-state index contributed by atoms with van der Waals surface area (Å²) in [7, 11) is 0. The van der Waals surface area contributed by atoms with Crippen LogP contribution in [0.25, 0.3) is 21.8 Å². The fraction of sp³-hybridized carbons (Fsp3) is 0.174. The van der Waals surface area contributed by atoms with Gasteiger partial charge in [0.05, 0.1) is 16.3 Å². The number of carbonyl (C=O) groups is 1. The number of thioether (sulfide) groups is 1. The van der Waals surface area contributed by atoms with E-state index < -0.39 is 0 Å². The van der Waals surface area contributed by atoms with Crippen molar-refractivity contribution in [1.29, 1.82) is 0 Å². The molecule has 1 atom stereocenters. The number of hydrogen-bond acceptors (Lipinski definition) is 2. The number of nitrogens with zero attached hydrogens (tertiary/aromatic N) is 1. The Kier molecular flexibility index (Phi) is 4.56. The van der Waals surface area contributed by atoms with E-state index in [0.717, 1.165) is 33.1 Å². The topological polar surface area (TPSA) is 22.0 Å². The van der Waals surface area contributed by atoms with Crippen molar-refractivity contribution in [3.8, 4) is 0 Å². The first-order valence-corrected chi connectivity index (χ1v) is 9.82. The highest BCUT2D eigenvalue weighted by molar-refractivity contribution is 8.00. The summed E-state index contributed by atoms with van der Waals surface area (Å²) < 4.78 is 1.90. The van der Waals surface area contributed by atoms with Crippen molar-refractivity contribution in [2.75, 3.05) is 0 Å². The molecule has 0 saturated heterocycles. The summed E-state index contributed by atoms with van der Waals surface area (Å²) >= 11 is 1.65. The molecule has 0 N–H and O–H groups in total. The van der Waals surface area contributed by atoms with Gasteiger partial charge in [-0.25, -0.2) is 0 Å². The third kappa shape index (κ3) is 2.93. The second-order valence-corrected chi connectivity index (χ2v) is 7.81. The molecule has 3 heteroatoms. The minimum atomic E-state index is -0.114. The standard InChI is InChI=1S/C23H21NOS/c1-3-22(26-17-14-12-16(2)13-15-17)23(25)24-20-10-6-4-8-18(20)19-9-5-7-11-21(19)24/h4-15,22H,3H2,1-2H3. The number of hydrogen-bond donors (Lipinski definition) is 0. The summed E-state index contributed by atoms with van der Waals surface area (Å²) in [6.45, 7) is 4.16. The van der Waals surface area contributed by atoms with E-state index in [-0.39, 0.29) is 11.2 Å². The molecule has 1 aromatic heterocycles. The first kappa shape index (κ1) is 16.9. The lowest BCUT2D eigenvalue weighted by Gasteiger charge is -2.16. The number of rotatable bonds is 4. The molecule has 0 saturated carbocycles. The number of carbonyl (C=O) groups excluding carboxylic acids is 1. The fourth-order valence-electron chi connectivity index (χ4n) is 3.39. The van der Waals surface area contributed by atoms with Gasteiger partial charge in [-0.1, -0.05) is 61.0 Å². The summed E-state index contributed by atoms with van der Waals surface area (Å²) in [4.78, 5) is 14.6. The zero-order valence-corrected chi connectivity index (χ0v) is 15.8. The average molecular weight is 359 g/mol. The molecule has 0 aliphatic carbocycles. The van der Waals surface area contributed by atoms with Crippen LogP contribution in [0.3, 0.4) is 0 Å². The van der Waals surface area contributed by atoms with Crippen LogP contribution in [0, 0.1) is 6.92 Å². The molecule has 130 valence electrons. The van der Waals surface area contributed by atoms with E-state index in [1.165, 1.54) is 5.56 Å². The van der Waals surface area contributed by atoms with E-state index in [9.17, 15) is 4.79 Å². The highest BCUT2D eigenvalue weighted by atomic mass is 32.2. The van der Waals surface area contributed by atoms with Crippen LogP contribution >= 0.6 is 11.8 Å². The number of benzene rings is 3. The Hall–Kier alpha value is -2.52. The van der Waals surface area contributed by atoms with Crippen molar-refractivity contribution in [3.63, 3.8) is 0 Å². The van der Waals surface area contributed by atoms with Crippen LogP contribution in [-0.4, -0.2) is 15.7 Å². The van der Waals surface area contributed by atoms with E-state index in [1.807, 2.05) is 41.0 Å². The average Bonchev–Trinajstić information content (AvgIpc) is 3.01. The van der Waals surface area contributed by atoms with Crippen LogP contribution in [0.5, 0.6) is 0 Å². The zero-order chi connectivity index (χ0) is 18.1. The summed E-state index contributed by atoms with van der Waals surface area (Å²) in [5.41, 5.74) is 3.21. The van der Waals surface area contributed by atoms with Crippen LogP contribution in [0.2, 0.25) is 0 Å². The molecule has 26 heavy (non-hydrogen) atoms. The van der Waals surface area contributed by atoms with Crippen molar-refractivity contribution >= 4 is 39.5 Å². The second-order valence-electron chi connectivity index (χ2n) is 6.54. The Morgan fingerprint density at radius 2 is 1.42 bits per heavy atom. The van der Waals surface area contributed by atoms with Gasteiger partial charge in [0.15, 0.2) is 0 Å². The molecule has 4 aromatic rings. The van der Waals surface area contributed by atoms with Gasteiger partial charge < -0.3 is 0 Å². The Bertz CT molecular complexity index is 1030. The third-order valence-corrected chi connectivity index (χ3v) is 6.11. The highest BCUT2D eigenvalue weighted by Crippen LogP contribution is 2.32. The Morgan fingerprint density at radius 1 is 0.885 bits per heavy atom. The Balaban J connectivity index is 1.79. The first-order valence-electron chi connectivity index (χ1n) is 8.94. The lowest BCUT2D eigenvalue weighted by molar-refractivity contribution is 0.0919. The van der Waals surface area contributed by atoms with Gasteiger partial charge in [0.2, 0.25) is 5.91 Å². The maximum absolute atomic E-state index is 13.5. The van der Waals surface area contributed by atoms with Gasteiger partial charge in [0.1, 0.15) is 0 Å². The molecule has 4 rings (SSSR count). The molecule has 1 unspecified atom stereocenters. The molecule has 0 spiro atoms. The van der Waals surface area contributed by atoms with Gasteiger partial charge in [-0.05, 0) is 37.6 Å². The van der Waals surface area contributed by atoms with Gasteiger partial charge in [-0.3, -0.25) is 9.36 Å². The van der Waals surface area contributed by atoms with Gasteiger partial charge in [-0.15, -0.1) is 11.8 Å². The maximum Gasteiger partial charge on any atom is 0.245 e. The van der Waals surface area contributed by atoms with Crippen LogP contribution < -0.4 is 0 Å². The SMILES string of the molecule is CCC(Sc1ccc(C)cc1)C(=O)n1c2ccccc2c2ccccc21. The quantitative estimate of drug-likeness (QED) is 0.398. The third-order valence-electron chi connectivity index (χ3n) is 4.75. The first-order chi connectivity index (χ1) is 12.7. The van der Waals surface area contributed by atoms with E-state index in [2.05, 4.69) is 50.2 Å². The molecular weight excluding hydrogens is 338 g/mol. The van der Waals surface area contributed by atoms with Crippen molar-refractivity contribution in [1.82, 2.24) is 4.57 Å². The Morgan fingerprint density at radius 3 is 1.96 bits per heavy atom. The van der Waals surface area contributed by atoms with Crippen LogP contribution in [-0.2, 0) is 0 Å². The van der Waals surface area contributed by atoms with E-state index in [0.29, 0.717) is 0 Å². The minimum absolute atomic E-state index is 0.114. The van der Waals surface area contributed by atoms with Crippen molar-refractivity contribution in [3.05, 3.63) is 78.4 Å². The van der Waals surface area contributed by atoms with Gasteiger partial charge in [0, 0.05) is 15.7 Å². The van der Waals surface area contributed by atoms with E-state index in [4.69, 9.17) is 0 Å². The van der Waals surface area contributed by atoms with Crippen molar-refractivity contribution in [2.45, 2.75) is 30.4 Å². The smallest absolute Gasteiger partial charge is 0.245 e. The lowest BCUT2D eigenvalue weighted by atomic mass is 10.2. The lowest BCUT2D eigenvalue weighted by Crippen LogP contribution is -2.23. The van der Waals surface area contributed by atoms with Crippen molar-refractivity contribution < 1.29 is 4.79 Å². The van der Waals surface area contributed by atoms with Crippen LogP contribution in [0.15, 0.2) is 77.7 Å². The molecule has 0 amide bonds. The van der Waals surface area contributed by atoms with Gasteiger partial charge >= 0.3 is 0 Å². The van der Waals surface area contributed by atoms with E-state index >= 15 is 0 Å². The molecule has 0 aliphatic heterocycles. The molecule has 0 radical (unpaired) electrons. The van der Waals surface area contributed by atoms with Crippen molar-refractivity contribution in [2.24, 2.45) is 0 Å². The van der Waals surface area contributed by atoms with Crippen LogP contribution in [0.4, 0.5) is 0 Å². The monoisotopic (exact) mass is 359 g/mol. The molecule has 1 heterocycles. The minimum Gasteiger partial charge on any atom is -0.279 e.